The molecule has 0 saturated carbocycles. The van der Waals surface area contributed by atoms with E-state index in [1.165, 1.54) is 0 Å². The molecule has 0 aliphatic carbocycles. The summed E-state index contributed by atoms with van der Waals surface area (Å²) >= 11 is 0. The number of likely N-dealkylation sites (N-methyl/N-ethyl adjacent to an activating group) is 1. The van der Waals surface area contributed by atoms with Gasteiger partial charge >= 0.3 is 6.09 Å². The average Bonchev–Trinajstić information content (AvgIpc) is 2.72. The number of likely N-dealkylation sites (tertiary alicyclic amines) is 1. The minimum atomic E-state index is -0.196. The summed E-state index contributed by atoms with van der Waals surface area (Å²) in [5, 5.41) is 6.92. The molecule has 0 aromatic heterocycles. The zero-order valence-corrected chi connectivity index (χ0v) is 18.2. The van der Waals surface area contributed by atoms with Crippen molar-refractivity contribution < 1.29 is 9.53 Å². The largest absolute Gasteiger partial charge is 0.450 e. The second-order valence-electron chi connectivity index (χ2n) is 7.64. The van der Waals surface area contributed by atoms with E-state index in [0.717, 1.165) is 77.7 Å². The van der Waals surface area contributed by atoms with Gasteiger partial charge in [0.15, 0.2) is 5.96 Å². The van der Waals surface area contributed by atoms with E-state index in [1.807, 2.05) is 6.92 Å². The van der Waals surface area contributed by atoms with E-state index in [0.29, 0.717) is 18.7 Å². The minimum absolute atomic E-state index is 0.196. The zero-order chi connectivity index (χ0) is 20.4. The van der Waals surface area contributed by atoms with Crippen LogP contribution in [-0.4, -0.2) is 104 Å². The van der Waals surface area contributed by atoms with Crippen LogP contribution in [-0.2, 0) is 4.74 Å². The molecule has 0 aromatic carbocycles. The van der Waals surface area contributed by atoms with E-state index in [2.05, 4.69) is 41.2 Å². The molecule has 0 aromatic rings. The van der Waals surface area contributed by atoms with Crippen LogP contribution in [0.5, 0.6) is 0 Å². The molecular formula is C20H40N6O2. The Kier molecular flexibility index (Phi) is 9.84. The molecule has 2 aliphatic rings. The molecule has 1 atom stereocenters. The molecule has 2 rings (SSSR count). The van der Waals surface area contributed by atoms with Gasteiger partial charge in [-0.2, -0.15) is 0 Å². The van der Waals surface area contributed by atoms with E-state index in [1.54, 1.807) is 4.90 Å². The minimum Gasteiger partial charge on any atom is -0.450 e. The standard InChI is InChI=1S/C20H40N6O2/c1-5-21-19(22-16-17(4)25-14-12-24(6-2)13-15-25)23-18-8-10-26(11-9-18)20(27)28-7-3/h17-18H,5-16H2,1-4H3,(H2,21,22,23). The van der Waals surface area contributed by atoms with Gasteiger partial charge in [0.1, 0.15) is 0 Å². The zero-order valence-electron chi connectivity index (χ0n) is 18.2. The molecular weight excluding hydrogens is 356 g/mol. The van der Waals surface area contributed by atoms with Crippen molar-refractivity contribution in [3.05, 3.63) is 0 Å². The third kappa shape index (κ3) is 7.13. The topological polar surface area (TPSA) is 72.4 Å². The van der Waals surface area contributed by atoms with Crippen LogP contribution < -0.4 is 10.6 Å². The number of piperazine rings is 1. The number of guanidine groups is 1. The second kappa shape index (κ2) is 12.1. The Morgan fingerprint density at radius 1 is 1.11 bits per heavy atom. The summed E-state index contributed by atoms with van der Waals surface area (Å²) in [6.07, 6.45) is 1.63. The Morgan fingerprint density at radius 3 is 2.36 bits per heavy atom. The van der Waals surface area contributed by atoms with Gasteiger partial charge in [0.05, 0.1) is 13.2 Å². The Bertz CT molecular complexity index is 485. The lowest BCUT2D eigenvalue weighted by atomic mass is 10.1. The number of hydrogen-bond acceptors (Lipinski definition) is 5. The Balaban J connectivity index is 1.78. The number of aliphatic imine (C=N–C) groups is 1. The molecule has 2 N–H and O–H groups in total. The molecule has 2 saturated heterocycles. The second-order valence-corrected chi connectivity index (χ2v) is 7.64. The number of carbonyl (C=O) groups excluding carboxylic acids is 1. The first kappa shape index (κ1) is 22.7. The normalized spacial score (nSPS) is 21.4. The van der Waals surface area contributed by atoms with Crippen molar-refractivity contribution >= 4 is 12.1 Å². The first-order valence-electron chi connectivity index (χ1n) is 11.0. The van der Waals surface area contributed by atoms with Crippen LogP contribution in [0.4, 0.5) is 4.79 Å². The van der Waals surface area contributed by atoms with E-state index >= 15 is 0 Å². The molecule has 0 spiro atoms. The van der Waals surface area contributed by atoms with Gasteiger partial charge in [0.2, 0.25) is 0 Å². The van der Waals surface area contributed by atoms with E-state index in [-0.39, 0.29) is 6.09 Å². The molecule has 2 heterocycles. The number of rotatable bonds is 7. The molecule has 162 valence electrons. The Morgan fingerprint density at radius 2 is 1.79 bits per heavy atom. The molecule has 2 fully saturated rings. The summed E-state index contributed by atoms with van der Waals surface area (Å²) in [5.74, 6) is 0.885. The smallest absolute Gasteiger partial charge is 0.409 e. The lowest BCUT2D eigenvalue weighted by Crippen LogP contribution is -2.51. The van der Waals surface area contributed by atoms with E-state index < -0.39 is 0 Å². The third-order valence-electron chi connectivity index (χ3n) is 5.70. The Hall–Kier alpha value is -1.54. The Labute approximate surface area is 170 Å². The number of ether oxygens (including phenoxy) is 1. The predicted molar refractivity (Wildman–Crippen MR) is 114 cm³/mol. The van der Waals surface area contributed by atoms with Crippen LogP contribution in [0.25, 0.3) is 0 Å². The van der Waals surface area contributed by atoms with Crippen molar-refractivity contribution in [2.75, 3.05) is 65.5 Å². The van der Waals surface area contributed by atoms with Crippen molar-refractivity contribution in [1.29, 1.82) is 0 Å². The van der Waals surface area contributed by atoms with Crippen LogP contribution in [0.3, 0.4) is 0 Å². The molecule has 1 unspecified atom stereocenters. The lowest BCUT2D eigenvalue weighted by molar-refractivity contribution is 0.0962. The van der Waals surface area contributed by atoms with Gasteiger partial charge in [-0.05, 0) is 40.2 Å². The van der Waals surface area contributed by atoms with Crippen LogP contribution in [0, 0.1) is 0 Å². The van der Waals surface area contributed by atoms with Crippen molar-refractivity contribution in [3.63, 3.8) is 0 Å². The molecule has 8 heteroatoms. The van der Waals surface area contributed by atoms with Crippen molar-refractivity contribution in [2.24, 2.45) is 4.99 Å². The van der Waals surface area contributed by atoms with Crippen molar-refractivity contribution in [3.8, 4) is 0 Å². The maximum absolute atomic E-state index is 11.8. The summed E-state index contributed by atoms with van der Waals surface area (Å²) in [7, 11) is 0. The molecule has 0 bridgehead atoms. The summed E-state index contributed by atoms with van der Waals surface area (Å²) in [4.78, 5) is 23.5. The molecule has 2 aliphatic heterocycles. The summed E-state index contributed by atoms with van der Waals surface area (Å²) in [5.41, 5.74) is 0. The van der Waals surface area contributed by atoms with E-state index in [4.69, 9.17) is 9.73 Å². The molecule has 0 radical (unpaired) electrons. The van der Waals surface area contributed by atoms with Crippen molar-refractivity contribution in [2.45, 2.75) is 52.6 Å². The molecule has 28 heavy (non-hydrogen) atoms. The van der Waals surface area contributed by atoms with Crippen LogP contribution in [0.1, 0.15) is 40.5 Å². The first-order chi connectivity index (χ1) is 13.6. The van der Waals surface area contributed by atoms with Gasteiger partial charge in [0, 0.05) is 57.9 Å². The third-order valence-corrected chi connectivity index (χ3v) is 5.70. The van der Waals surface area contributed by atoms with Gasteiger partial charge in [0.25, 0.3) is 0 Å². The summed E-state index contributed by atoms with van der Waals surface area (Å²) in [6.45, 7) is 17.7. The number of nitrogens with one attached hydrogen (secondary N) is 2. The molecule has 8 nitrogen and oxygen atoms in total. The average molecular weight is 397 g/mol. The lowest BCUT2D eigenvalue weighted by Gasteiger charge is -2.37. The summed E-state index contributed by atoms with van der Waals surface area (Å²) < 4.78 is 5.10. The number of nitrogens with zero attached hydrogens (tertiary/aromatic N) is 4. The monoisotopic (exact) mass is 396 g/mol. The SMILES string of the molecule is CCNC(=NCC(C)N1CCN(CC)CC1)NC1CCN(C(=O)OCC)CC1. The first-order valence-corrected chi connectivity index (χ1v) is 11.0. The van der Waals surface area contributed by atoms with Crippen molar-refractivity contribution in [1.82, 2.24) is 25.3 Å². The van der Waals surface area contributed by atoms with Crippen LogP contribution in [0.15, 0.2) is 4.99 Å². The fourth-order valence-electron chi connectivity index (χ4n) is 3.79. The fourth-order valence-corrected chi connectivity index (χ4v) is 3.79. The van der Waals surface area contributed by atoms with Gasteiger partial charge in [-0.3, -0.25) is 9.89 Å². The highest BCUT2D eigenvalue weighted by Crippen LogP contribution is 2.12. The highest BCUT2D eigenvalue weighted by molar-refractivity contribution is 5.80. The van der Waals surface area contributed by atoms with Gasteiger partial charge in [-0.25, -0.2) is 4.79 Å². The fraction of sp³-hybridized carbons (Fsp3) is 0.900. The van der Waals surface area contributed by atoms with Gasteiger partial charge in [-0.1, -0.05) is 6.92 Å². The number of carbonyl (C=O) groups is 1. The number of hydrogen-bond donors (Lipinski definition) is 2. The molecule has 1 amide bonds. The predicted octanol–water partition coefficient (Wildman–Crippen LogP) is 1.19. The quantitative estimate of drug-likeness (QED) is 0.498. The van der Waals surface area contributed by atoms with Gasteiger partial charge < -0.3 is 25.2 Å². The highest BCUT2D eigenvalue weighted by Gasteiger charge is 2.24. The maximum Gasteiger partial charge on any atom is 0.409 e. The summed E-state index contributed by atoms with van der Waals surface area (Å²) in [6, 6.07) is 0.784. The highest BCUT2D eigenvalue weighted by atomic mass is 16.6. The number of amides is 1. The number of piperidine rings is 1. The van der Waals surface area contributed by atoms with Crippen LogP contribution in [0.2, 0.25) is 0 Å². The van der Waals surface area contributed by atoms with Gasteiger partial charge in [-0.15, -0.1) is 0 Å². The maximum atomic E-state index is 11.8. The van der Waals surface area contributed by atoms with Crippen LogP contribution >= 0.6 is 0 Å². The van der Waals surface area contributed by atoms with E-state index in [9.17, 15) is 4.79 Å².